The number of hydrogen-bond acceptors (Lipinski definition) is 1. The van der Waals surface area contributed by atoms with Crippen molar-refractivity contribution in [2.75, 3.05) is 0 Å². The van der Waals surface area contributed by atoms with Crippen molar-refractivity contribution in [2.45, 2.75) is 6.36 Å². The average Bonchev–Trinajstić information content (AvgIpc) is 2.15. The second-order valence-corrected chi connectivity index (χ2v) is 2.80. The van der Waals surface area contributed by atoms with Crippen LogP contribution < -0.4 is 4.74 Å². The molecule has 0 radical (unpaired) electrons. The summed E-state index contributed by atoms with van der Waals surface area (Å²) in [6, 6.07) is 5.45. The van der Waals surface area contributed by atoms with Gasteiger partial charge in [-0.25, -0.2) is 0 Å². The van der Waals surface area contributed by atoms with Gasteiger partial charge in [0.2, 0.25) is 0 Å². The number of alkyl halides is 3. The van der Waals surface area contributed by atoms with Crippen LogP contribution in [0.4, 0.5) is 13.2 Å². The molecular weight excluding hydrogens is 205 g/mol. The first-order chi connectivity index (χ1) is 6.92. The van der Waals surface area contributed by atoms with Gasteiger partial charge in [-0.1, -0.05) is 31.4 Å². The molecule has 0 atom stereocenters. The maximum Gasteiger partial charge on any atom is 0.573 e. The average molecular weight is 214 g/mol. The smallest absolute Gasteiger partial charge is 0.406 e. The summed E-state index contributed by atoms with van der Waals surface area (Å²) in [5.41, 5.74) is 1.35. The second-order valence-electron chi connectivity index (χ2n) is 2.80. The quantitative estimate of drug-likeness (QED) is 0.695. The lowest BCUT2D eigenvalue weighted by atomic mass is 10.1. The number of rotatable bonds is 3. The first kappa shape index (κ1) is 11.4. The fourth-order valence-corrected chi connectivity index (χ4v) is 0.989. The van der Waals surface area contributed by atoms with Gasteiger partial charge in [-0.3, -0.25) is 0 Å². The Labute approximate surface area is 85.5 Å². The molecule has 0 amide bonds. The van der Waals surface area contributed by atoms with Gasteiger partial charge in [-0.05, 0) is 23.3 Å². The van der Waals surface area contributed by atoms with Crippen molar-refractivity contribution >= 4 is 5.57 Å². The summed E-state index contributed by atoms with van der Waals surface area (Å²) in [5, 5.41) is 0. The molecular formula is C11H9F3O. The molecule has 0 N–H and O–H groups in total. The summed E-state index contributed by atoms with van der Waals surface area (Å²) in [5.74, 6) is -0.247. The molecule has 0 unspecified atom stereocenters. The van der Waals surface area contributed by atoms with Crippen LogP contribution in [-0.2, 0) is 0 Å². The highest BCUT2D eigenvalue weighted by molar-refractivity contribution is 5.71. The van der Waals surface area contributed by atoms with Crippen molar-refractivity contribution in [2.24, 2.45) is 0 Å². The number of ether oxygens (including phenoxy) is 1. The Balaban J connectivity index is 2.81. The molecule has 0 aliphatic rings. The van der Waals surface area contributed by atoms with E-state index in [9.17, 15) is 13.2 Å². The zero-order chi connectivity index (χ0) is 11.5. The topological polar surface area (TPSA) is 9.23 Å². The van der Waals surface area contributed by atoms with Crippen LogP contribution in [0.15, 0.2) is 43.5 Å². The van der Waals surface area contributed by atoms with E-state index in [0.717, 1.165) is 0 Å². The van der Waals surface area contributed by atoms with E-state index in [4.69, 9.17) is 0 Å². The molecule has 0 aliphatic heterocycles. The van der Waals surface area contributed by atoms with Gasteiger partial charge in [0, 0.05) is 0 Å². The highest BCUT2D eigenvalue weighted by atomic mass is 19.4. The summed E-state index contributed by atoms with van der Waals surface area (Å²) in [6.45, 7) is 7.17. The molecule has 0 bridgehead atoms. The maximum atomic E-state index is 11.8. The van der Waals surface area contributed by atoms with E-state index in [1.807, 2.05) is 0 Å². The lowest BCUT2D eigenvalue weighted by Gasteiger charge is -2.09. The number of hydrogen-bond donors (Lipinski definition) is 0. The van der Waals surface area contributed by atoms with Gasteiger partial charge in [-0.15, -0.1) is 13.2 Å². The van der Waals surface area contributed by atoms with Gasteiger partial charge < -0.3 is 4.74 Å². The lowest BCUT2D eigenvalue weighted by molar-refractivity contribution is -0.274. The zero-order valence-corrected chi connectivity index (χ0v) is 7.84. The first-order valence-electron chi connectivity index (χ1n) is 4.10. The molecule has 0 saturated carbocycles. The third-order valence-corrected chi connectivity index (χ3v) is 1.71. The molecule has 0 fully saturated rings. The van der Waals surface area contributed by atoms with Crippen molar-refractivity contribution in [3.63, 3.8) is 0 Å². The van der Waals surface area contributed by atoms with E-state index in [0.29, 0.717) is 11.1 Å². The summed E-state index contributed by atoms with van der Waals surface area (Å²) in [6.07, 6.45) is -3.13. The Morgan fingerprint density at radius 2 is 1.73 bits per heavy atom. The molecule has 1 aromatic carbocycles. The van der Waals surface area contributed by atoms with Crippen molar-refractivity contribution < 1.29 is 17.9 Å². The molecule has 1 nitrogen and oxygen atoms in total. The first-order valence-corrected chi connectivity index (χ1v) is 4.10. The van der Waals surface area contributed by atoms with Crippen LogP contribution in [0.25, 0.3) is 5.57 Å². The summed E-state index contributed by atoms with van der Waals surface area (Å²) >= 11 is 0. The molecule has 0 saturated heterocycles. The van der Waals surface area contributed by atoms with Gasteiger partial charge >= 0.3 is 6.36 Å². The fourth-order valence-electron chi connectivity index (χ4n) is 0.989. The van der Waals surface area contributed by atoms with Gasteiger partial charge in [-0.2, -0.15) is 0 Å². The summed E-state index contributed by atoms with van der Waals surface area (Å²) < 4.78 is 39.1. The highest BCUT2D eigenvalue weighted by Crippen LogP contribution is 2.24. The summed E-state index contributed by atoms with van der Waals surface area (Å²) in [4.78, 5) is 0. The Hall–Kier alpha value is -1.71. The Kier molecular flexibility index (Phi) is 3.19. The Morgan fingerprint density at radius 1 is 1.20 bits per heavy atom. The molecule has 4 heteroatoms. The highest BCUT2D eigenvalue weighted by Gasteiger charge is 2.30. The SMILES string of the molecule is C=CC(=C)c1ccc(OC(F)(F)F)cc1. The standard InChI is InChI=1S/C11H9F3O/c1-3-8(2)9-4-6-10(7-5-9)15-11(12,13)14/h3-7H,1-2H2. The van der Waals surface area contributed by atoms with Gasteiger partial charge in [0.05, 0.1) is 0 Å². The molecule has 80 valence electrons. The maximum absolute atomic E-state index is 11.8. The van der Waals surface area contributed by atoms with E-state index >= 15 is 0 Å². The van der Waals surface area contributed by atoms with E-state index in [-0.39, 0.29) is 5.75 Å². The Bertz CT molecular complexity index is 362. The lowest BCUT2D eigenvalue weighted by Crippen LogP contribution is -2.16. The predicted molar refractivity (Wildman–Crippen MR) is 52.4 cm³/mol. The third-order valence-electron chi connectivity index (χ3n) is 1.71. The van der Waals surface area contributed by atoms with E-state index in [1.165, 1.54) is 30.3 Å². The minimum absolute atomic E-state index is 0.247. The second kappa shape index (κ2) is 4.21. The van der Waals surface area contributed by atoms with Crippen molar-refractivity contribution in [1.29, 1.82) is 0 Å². The minimum atomic E-state index is -4.66. The third kappa shape index (κ3) is 3.50. The van der Waals surface area contributed by atoms with Crippen LogP contribution in [0, 0.1) is 0 Å². The molecule has 15 heavy (non-hydrogen) atoms. The van der Waals surface area contributed by atoms with Crippen LogP contribution in [0.5, 0.6) is 5.75 Å². The molecule has 1 rings (SSSR count). The Morgan fingerprint density at radius 3 is 2.13 bits per heavy atom. The van der Waals surface area contributed by atoms with Crippen LogP contribution in [0.3, 0.4) is 0 Å². The van der Waals surface area contributed by atoms with Crippen LogP contribution in [-0.4, -0.2) is 6.36 Å². The van der Waals surface area contributed by atoms with Crippen molar-refractivity contribution in [3.8, 4) is 5.75 Å². The number of halogens is 3. The monoisotopic (exact) mass is 214 g/mol. The predicted octanol–water partition coefficient (Wildman–Crippen LogP) is 3.78. The normalized spacial score (nSPS) is 10.9. The molecule has 0 heterocycles. The number of allylic oxidation sites excluding steroid dienone is 2. The van der Waals surface area contributed by atoms with Gasteiger partial charge in [0.15, 0.2) is 0 Å². The largest absolute Gasteiger partial charge is 0.573 e. The van der Waals surface area contributed by atoms with Crippen molar-refractivity contribution in [1.82, 2.24) is 0 Å². The van der Waals surface area contributed by atoms with Crippen LogP contribution in [0.2, 0.25) is 0 Å². The molecule has 0 aliphatic carbocycles. The van der Waals surface area contributed by atoms with Crippen LogP contribution >= 0.6 is 0 Å². The van der Waals surface area contributed by atoms with Crippen LogP contribution in [0.1, 0.15) is 5.56 Å². The zero-order valence-electron chi connectivity index (χ0n) is 7.84. The molecule has 0 spiro atoms. The van der Waals surface area contributed by atoms with Crippen molar-refractivity contribution in [3.05, 3.63) is 49.1 Å². The minimum Gasteiger partial charge on any atom is -0.406 e. The molecule has 0 aromatic heterocycles. The molecule has 1 aromatic rings. The fraction of sp³-hybridized carbons (Fsp3) is 0.0909. The number of benzene rings is 1. The van der Waals surface area contributed by atoms with E-state index in [2.05, 4.69) is 17.9 Å². The van der Waals surface area contributed by atoms with E-state index in [1.54, 1.807) is 0 Å². The van der Waals surface area contributed by atoms with E-state index < -0.39 is 6.36 Å². The van der Waals surface area contributed by atoms with Gasteiger partial charge in [0.25, 0.3) is 0 Å². The summed E-state index contributed by atoms with van der Waals surface area (Å²) in [7, 11) is 0. The van der Waals surface area contributed by atoms with Gasteiger partial charge in [0.1, 0.15) is 5.75 Å².